The number of aromatic nitrogens is 1. The smallest absolute Gasteiger partial charge is 0.174 e. The van der Waals surface area contributed by atoms with Crippen LogP contribution >= 0.6 is 51.1 Å². The minimum absolute atomic E-state index is 0.0555. The number of thiophene rings is 1. The van der Waals surface area contributed by atoms with E-state index >= 15 is 0 Å². The van der Waals surface area contributed by atoms with Gasteiger partial charge in [0, 0.05) is 33.7 Å². The summed E-state index contributed by atoms with van der Waals surface area (Å²) in [6.45, 7) is 0.937. The highest BCUT2D eigenvalue weighted by molar-refractivity contribution is 9.10. The van der Waals surface area contributed by atoms with E-state index in [4.69, 9.17) is 33.3 Å². The molecule has 1 saturated heterocycles. The first-order valence-electron chi connectivity index (χ1n) is 9.24. The van der Waals surface area contributed by atoms with Crippen LogP contribution in [0.15, 0.2) is 58.5 Å². The number of hydrogen-bond donors (Lipinski definition) is 1. The molecule has 30 heavy (non-hydrogen) atoms. The molecule has 1 aliphatic heterocycles. The van der Waals surface area contributed by atoms with Crippen molar-refractivity contribution in [3.05, 3.63) is 74.1 Å². The monoisotopic (exact) mass is 523 g/mol. The molecule has 0 spiro atoms. The average molecular weight is 525 g/mol. The van der Waals surface area contributed by atoms with Crippen molar-refractivity contribution in [3.63, 3.8) is 0 Å². The highest BCUT2D eigenvalue weighted by Crippen LogP contribution is 2.45. The number of pyridine rings is 1. The van der Waals surface area contributed by atoms with Crippen molar-refractivity contribution in [2.45, 2.75) is 12.1 Å². The molecular formula is C21H19BrClN3O2S2. The lowest BCUT2D eigenvalue weighted by molar-refractivity contribution is 0.146. The molecule has 0 unspecified atom stereocenters. The van der Waals surface area contributed by atoms with Crippen LogP contribution in [0.25, 0.3) is 0 Å². The van der Waals surface area contributed by atoms with Gasteiger partial charge in [-0.05, 0) is 64.5 Å². The van der Waals surface area contributed by atoms with Crippen LogP contribution in [-0.4, -0.2) is 30.4 Å². The molecule has 0 aliphatic carbocycles. The molecule has 0 radical (unpaired) electrons. The van der Waals surface area contributed by atoms with E-state index in [2.05, 4.69) is 42.6 Å². The zero-order chi connectivity index (χ0) is 21.1. The zero-order valence-corrected chi connectivity index (χ0v) is 20.0. The molecule has 2 aromatic heterocycles. The number of benzene rings is 1. The standard InChI is InChI=1S/C21H19BrClN3O2S2/c1-27-8-9-28-17-6-5-14(11-15(17)23)26-20(18-10-13(22)12-30-18)19(25-21(26)29)16-4-2-3-7-24-16/h2-7,10-12,19-20H,8-9H2,1H3,(H,25,29)/t19-,20+/m1/s1. The number of rotatable bonds is 7. The van der Waals surface area contributed by atoms with Crippen molar-refractivity contribution in [2.75, 3.05) is 25.2 Å². The van der Waals surface area contributed by atoms with Gasteiger partial charge in [-0.1, -0.05) is 17.7 Å². The molecule has 0 amide bonds. The van der Waals surface area contributed by atoms with Gasteiger partial charge < -0.3 is 19.7 Å². The van der Waals surface area contributed by atoms with Gasteiger partial charge >= 0.3 is 0 Å². The maximum Gasteiger partial charge on any atom is 0.174 e. The summed E-state index contributed by atoms with van der Waals surface area (Å²) in [4.78, 5) is 7.83. The summed E-state index contributed by atoms with van der Waals surface area (Å²) in [5.41, 5.74) is 1.83. The predicted octanol–water partition coefficient (Wildman–Crippen LogP) is 5.76. The lowest BCUT2D eigenvalue weighted by Crippen LogP contribution is -2.29. The highest BCUT2D eigenvalue weighted by Gasteiger charge is 2.41. The average Bonchev–Trinajstić information content (AvgIpc) is 3.33. The number of nitrogens with one attached hydrogen (secondary N) is 1. The number of halogens is 2. The molecule has 156 valence electrons. The Labute approximate surface area is 198 Å². The Hall–Kier alpha value is -1.71. The third kappa shape index (κ3) is 4.48. The van der Waals surface area contributed by atoms with Gasteiger partial charge in [-0.2, -0.15) is 0 Å². The van der Waals surface area contributed by atoms with E-state index in [0.29, 0.717) is 29.1 Å². The lowest BCUT2D eigenvalue weighted by Gasteiger charge is -2.27. The number of hydrogen-bond acceptors (Lipinski definition) is 5. The van der Waals surface area contributed by atoms with Crippen LogP contribution in [0, 0.1) is 0 Å². The molecule has 4 rings (SSSR count). The van der Waals surface area contributed by atoms with Gasteiger partial charge in [0.1, 0.15) is 12.4 Å². The van der Waals surface area contributed by atoms with Gasteiger partial charge in [0.2, 0.25) is 0 Å². The van der Waals surface area contributed by atoms with Gasteiger partial charge in [-0.15, -0.1) is 11.3 Å². The summed E-state index contributed by atoms with van der Waals surface area (Å²) in [7, 11) is 1.64. The number of methoxy groups -OCH3 is 1. The fourth-order valence-corrected chi connectivity index (χ4v) is 5.54. The number of thiocarbonyl (C=S) groups is 1. The molecular weight excluding hydrogens is 506 g/mol. The van der Waals surface area contributed by atoms with Crippen LogP contribution in [-0.2, 0) is 4.74 Å². The Morgan fingerprint density at radius 1 is 1.27 bits per heavy atom. The molecule has 0 bridgehead atoms. The molecule has 5 nitrogen and oxygen atoms in total. The SMILES string of the molecule is COCCOc1ccc(N2C(=S)N[C@H](c3ccccn3)[C@@H]2c2cc(Br)cs2)cc1Cl. The molecule has 9 heteroatoms. The quantitative estimate of drug-likeness (QED) is 0.313. The van der Waals surface area contributed by atoms with Crippen molar-refractivity contribution in [1.29, 1.82) is 0 Å². The molecule has 3 aromatic rings. The second-order valence-electron chi connectivity index (χ2n) is 6.62. The predicted molar refractivity (Wildman–Crippen MR) is 129 cm³/mol. The van der Waals surface area contributed by atoms with E-state index in [1.807, 2.05) is 36.4 Å². The second kappa shape index (κ2) is 9.62. The van der Waals surface area contributed by atoms with Gasteiger partial charge in [0.25, 0.3) is 0 Å². The highest BCUT2D eigenvalue weighted by atomic mass is 79.9. The van der Waals surface area contributed by atoms with E-state index in [1.54, 1.807) is 24.6 Å². The Balaban J connectivity index is 1.70. The number of nitrogens with zero attached hydrogens (tertiary/aromatic N) is 2. The van der Waals surface area contributed by atoms with E-state index in [0.717, 1.165) is 15.9 Å². The summed E-state index contributed by atoms with van der Waals surface area (Å²) < 4.78 is 11.8. The van der Waals surface area contributed by atoms with E-state index in [-0.39, 0.29) is 12.1 Å². The summed E-state index contributed by atoms with van der Waals surface area (Å²) >= 11 is 17.5. The van der Waals surface area contributed by atoms with Crippen LogP contribution in [0.3, 0.4) is 0 Å². The minimum Gasteiger partial charge on any atom is -0.490 e. The van der Waals surface area contributed by atoms with Crippen LogP contribution in [0.5, 0.6) is 5.75 Å². The minimum atomic E-state index is -0.0827. The van der Waals surface area contributed by atoms with E-state index in [9.17, 15) is 0 Å². The first kappa shape index (κ1) is 21.5. The third-order valence-electron chi connectivity index (χ3n) is 4.72. The zero-order valence-electron chi connectivity index (χ0n) is 16.0. The Bertz CT molecular complexity index is 1030. The second-order valence-corrected chi connectivity index (χ2v) is 9.27. The van der Waals surface area contributed by atoms with Gasteiger partial charge in [-0.3, -0.25) is 4.98 Å². The maximum absolute atomic E-state index is 6.51. The number of ether oxygens (including phenoxy) is 2. The van der Waals surface area contributed by atoms with Gasteiger partial charge in [0.05, 0.1) is 29.4 Å². The van der Waals surface area contributed by atoms with Gasteiger partial charge in [0.15, 0.2) is 5.11 Å². The summed E-state index contributed by atoms with van der Waals surface area (Å²) in [5, 5.41) is 6.68. The Morgan fingerprint density at radius 2 is 2.13 bits per heavy atom. The topological polar surface area (TPSA) is 46.6 Å². The molecule has 1 fully saturated rings. The Kier molecular flexibility index (Phi) is 6.90. The molecule has 0 saturated carbocycles. The fraction of sp³-hybridized carbons (Fsp3) is 0.238. The Morgan fingerprint density at radius 3 is 2.80 bits per heavy atom. The van der Waals surface area contributed by atoms with Crippen molar-refractivity contribution in [3.8, 4) is 5.75 Å². The normalized spacial score (nSPS) is 18.5. The largest absolute Gasteiger partial charge is 0.490 e. The van der Waals surface area contributed by atoms with Crippen molar-refractivity contribution < 1.29 is 9.47 Å². The van der Waals surface area contributed by atoms with Crippen molar-refractivity contribution >= 4 is 61.9 Å². The van der Waals surface area contributed by atoms with Crippen molar-refractivity contribution in [1.82, 2.24) is 10.3 Å². The van der Waals surface area contributed by atoms with Crippen molar-refractivity contribution in [2.24, 2.45) is 0 Å². The van der Waals surface area contributed by atoms with E-state index in [1.165, 1.54) is 4.88 Å². The first-order valence-corrected chi connectivity index (χ1v) is 11.7. The molecule has 1 aliphatic rings. The molecule has 1 N–H and O–H groups in total. The summed E-state index contributed by atoms with van der Waals surface area (Å²) in [6, 6.07) is 13.6. The summed E-state index contributed by atoms with van der Waals surface area (Å²) in [5.74, 6) is 0.618. The fourth-order valence-electron chi connectivity index (χ4n) is 3.40. The van der Waals surface area contributed by atoms with Crippen LogP contribution < -0.4 is 15.0 Å². The maximum atomic E-state index is 6.51. The first-order chi connectivity index (χ1) is 14.6. The lowest BCUT2D eigenvalue weighted by atomic mass is 10.0. The van der Waals surface area contributed by atoms with Crippen LogP contribution in [0.1, 0.15) is 22.7 Å². The molecule has 2 atom stereocenters. The summed E-state index contributed by atoms with van der Waals surface area (Å²) in [6.07, 6.45) is 1.80. The van der Waals surface area contributed by atoms with Crippen LogP contribution in [0.2, 0.25) is 5.02 Å². The number of anilines is 1. The van der Waals surface area contributed by atoms with Gasteiger partial charge in [-0.25, -0.2) is 0 Å². The molecule has 3 heterocycles. The van der Waals surface area contributed by atoms with Crippen LogP contribution in [0.4, 0.5) is 5.69 Å². The third-order valence-corrected chi connectivity index (χ3v) is 7.09. The molecule has 1 aromatic carbocycles. The van der Waals surface area contributed by atoms with E-state index < -0.39 is 0 Å².